The highest BCUT2D eigenvalue weighted by Gasteiger charge is 2.44. The fourth-order valence-corrected chi connectivity index (χ4v) is 10.2. The average molecular weight is 793 g/mol. The summed E-state index contributed by atoms with van der Waals surface area (Å²) >= 11 is 0. The van der Waals surface area contributed by atoms with Crippen molar-refractivity contribution in [2.45, 2.75) is 124 Å². The molecule has 0 amide bonds. The molecule has 8 rings (SSSR count). The van der Waals surface area contributed by atoms with E-state index in [-0.39, 0.29) is 28.4 Å². The van der Waals surface area contributed by atoms with E-state index in [1.54, 1.807) is 0 Å². The maximum atomic E-state index is 2.57. The Morgan fingerprint density at radius 3 is 1.07 bits per heavy atom. The number of fused-ring (bicyclic) bond motifs is 4. The molecule has 0 aliphatic carbocycles. The Hall–Kier alpha value is -4.80. The maximum Gasteiger partial charge on any atom is 0.252 e. The first-order valence-corrected chi connectivity index (χ1v) is 25.3. The number of benzene rings is 6. The molecule has 0 saturated carbocycles. The normalized spacial score (nSPS) is 14.3. The highest BCUT2D eigenvalue weighted by atomic mass is 28.3. The van der Waals surface area contributed by atoms with E-state index in [1.165, 1.54) is 89.1 Å². The second-order valence-electron chi connectivity index (χ2n) is 22.5. The van der Waals surface area contributed by atoms with Crippen LogP contribution in [0.15, 0.2) is 121 Å². The Kier molecular flexibility index (Phi) is 9.64. The predicted octanol–water partition coefficient (Wildman–Crippen LogP) is 13.2. The number of hydrogen-bond acceptors (Lipinski definition) is 2. The summed E-state index contributed by atoms with van der Waals surface area (Å²) in [6.07, 6.45) is 0. The highest BCUT2D eigenvalue weighted by Crippen LogP contribution is 2.47. The van der Waals surface area contributed by atoms with Crippen LogP contribution in [0.1, 0.15) is 105 Å². The first-order valence-electron chi connectivity index (χ1n) is 21.8. The fraction of sp³-hybridized carbons (Fsp3) is 0.345. The van der Waals surface area contributed by atoms with Crippen molar-refractivity contribution in [2.75, 3.05) is 9.80 Å². The largest absolute Gasteiger partial charge is 0.311 e. The van der Waals surface area contributed by atoms with Gasteiger partial charge < -0.3 is 9.80 Å². The molecule has 6 aromatic carbocycles. The lowest BCUT2D eigenvalue weighted by molar-refractivity contribution is 0.590. The van der Waals surface area contributed by atoms with E-state index in [2.05, 4.69) is 234 Å². The molecular weight excluding hydrogens is 728 g/mol. The molecule has 0 aromatic heterocycles. The molecule has 0 unspecified atom stereocenters. The summed E-state index contributed by atoms with van der Waals surface area (Å²) in [6.45, 7) is 35.2. The summed E-state index contributed by atoms with van der Waals surface area (Å²) < 4.78 is 0. The van der Waals surface area contributed by atoms with Crippen molar-refractivity contribution in [2.24, 2.45) is 0 Å². The average Bonchev–Trinajstić information content (AvgIpc) is 3.15. The van der Waals surface area contributed by atoms with Crippen molar-refractivity contribution in [3.63, 3.8) is 0 Å². The van der Waals surface area contributed by atoms with Crippen LogP contribution in [-0.4, -0.2) is 14.8 Å². The lowest BCUT2D eigenvalue weighted by Gasteiger charge is -2.45. The van der Waals surface area contributed by atoms with Crippen LogP contribution in [-0.2, 0) is 21.7 Å². The fourth-order valence-electron chi connectivity index (χ4n) is 9.05. The smallest absolute Gasteiger partial charge is 0.252 e. The molecule has 302 valence electrons. The molecule has 0 N–H and O–H groups in total. The Bertz CT molecular complexity index is 2400. The van der Waals surface area contributed by atoms with Gasteiger partial charge in [-0.25, -0.2) is 0 Å². The van der Waals surface area contributed by atoms with E-state index in [4.69, 9.17) is 0 Å². The monoisotopic (exact) mass is 793 g/mol. The summed E-state index contributed by atoms with van der Waals surface area (Å²) in [4.78, 5) is 5.14. The van der Waals surface area contributed by atoms with Gasteiger partial charge >= 0.3 is 0 Å². The Balaban J connectivity index is 1.49. The molecule has 0 spiro atoms. The first kappa shape index (κ1) is 41.0. The third-order valence-electron chi connectivity index (χ3n) is 12.9. The van der Waals surface area contributed by atoms with Crippen LogP contribution in [0.4, 0.5) is 34.1 Å². The van der Waals surface area contributed by atoms with Gasteiger partial charge in [-0.3, -0.25) is 0 Å². The van der Waals surface area contributed by atoms with Gasteiger partial charge in [-0.1, -0.05) is 181 Å². The molecule has 4 heteroatoms. The SMILES string of the molecule is CC(C)(C)c1ccc(N2c3ccc(C(C)(C)C)cc3B3c4cc(C(C)(C)C)ccc4N(c4ccc(C(C)(C)C)cc4)c4cc(-c5ccc([Si](C)(C)C)cc5)cc2c43)cc1. The van der Waals surface area contributed by atoms with E-state index in [0.717, 1.165) is 0 Å². The van der Waals surface area contributed by atoms with Crippen molar-refractivity contribution in [1.82, 2.24) is 0 Å². The number of hydrogen-bond donors (Lipinski definition) is 0. The van der Waals surface area contributed by atoms with Gasteiger partial charge in [0.05, 0.1) is 8.07 Å². The molecule has 0 bridgehead atoms. The van der Waals surface area contributed by atoms with Crippen molar-refractivity contribution >= 4 is 70.5 Å². The van der Waals surface area contributed by atoms with Crippen LogP contribution >= 0.6 is 0 Å². The molecule has 2 nitrogen and oxygen atoms in total. The minimum absolute atomic E-state index is 0.00511. The second kappa shape index (κ2) is 13.9. The van der Waals surface area contributed by atoms with Crippen LogP contribution in [0.2, 0.25) is 19.6 Å². The quantitative estimate of drug-likeness (QED) is 0.164. The minimum atomic E-state index is -1.48. The lowest BCUT2D eigenvalue weighted by Crippen LogP contribution is -2.61. The van der Waals surface area contributed by atoms with Gasteiger partial charge in [-0.2, -0.15) is 0 Å². The molecule has 0 fully saturated rings. The molecule has 0 radical (unpaired) electrons. The van der Waals surface area contributed by atoms with Crippen LogP contribution in [0.3, 0.4) is 0 Å². The first-order chi connectivity index (χ1) is 27.4. The van der Waals surface area contributed by atoms with Gasteiger partial charge in [0, 0.05) is 34.1 Å². The summed E-state index contributed by atoms with van der Waals surface area (Å²) in [5.74, 6) is 0. The van der Waals surface area contributed by atoms with Crippen molar-refractivity contribution in [3.8, 4) is 11.1 Å². The van der Waals surface area contributed by atoms with E-state index in [1.807, 2.05) is 0 Å². The summed E-state index contributed by atoms with van der Waals surface area (Å²) in [7, 11) is -1.48. The lowest BCUT2D eigenvalue weighted by atomic mass is 9.33. The Morgan fingerprint density at radius 1 is 0.373 bits per heavy atom. The molecule has 0 saturated heterocycles. The van der Waals surface area contributed by atoms with Crippen molar-refractivity contribution in [3.05, 3.63) is 144 Å². The van der Waals surface area contributed by atoms with Crippen LogP contribution in [0.5, 0.6) is 0 Å². The zero-order valence-corrected chi connectivity index (χ0v) is 39.5. The topological polar surface area (TPSA) is 6.48 Å². The zero-order valence-electron chi connectivity index (χ0n) is 38.5. The summed E-state index contributed by atoms with van der Waals surface area (Å²) in [5.41, 5.74) is 19.5. The standard InChI is InChI=1S/C55H65BN2Si/c1-52(2,3)38-18-24-42(25-19-38)57-47-30-22-40(54(7,8)9)34-45(47)56-46-35-41(55(10,11)12)23-31-48(46)58(43-26-20-39(21-27-43)53(4,5)6)50-33-37(32-49(57)51(50)56)36-16-28-44(29-17-36)59(13,14)15/h16-35H,1-15H3. The van der Waals surface area contributed by atoms with Crippen LogP contribution in [0.25, 0.3) is 11.1 Å². The number of rotatable bonds is 4. The maximum absolute atomic E-state index is 2.57. The molecule has 2 heterocycles. The summed E-state index contributed by atoms with van der Waals surface area (Å²) in [6, 6.07) is 47.9. The van der Waals surface area contributed by atoms with Crippen LogP contribution in [0, 0.1) is 0 Å². The molecular formula is C55H65BN2Si. The van der Waals surface area contributed by atoms with E-state index in [0.29, 0.717) is 0 Å². The Morgan fingerprint density at radius 2 is 0.729 bits per heavy atom. The van der Waals surface area contributed by atoms with E-state index >= 15 is 0 Å². The van der Waals surface area contributed by atoms with Gasteiger partial charge in [0.25, 0.3) is 6.71 Å². The van der Waals surface area contributed by atoms with Gasteiger partial charge in [0.15, 0.2) is 0 Å². The van der Waals surface area contributed by atoms with Crippen LogP contribution < -0.4 is 31.4 Å². The Labute approximate surface area is 357 Å². The summed E-state index contributed by atoms with van der Waals surface area (Å²) in [5, 5.41) is 1.48. The minimum Gasteiger partial charge on any atom is -0.311 e. The van der Waals surface area contributed by atoms with E-state index in [9.17, 15) is 0 Å². The van der Waals surface area contributed by atoms with Gasteiger partial charge in [-0.15, -0.1) is 0 Å². The molecule has 2 aliphatic heterocycles. The van der Waals surface area contributed by atoms with Gasteiger partial charge in [-0.05, 0) is 120 Å². The van der Waals surface area contributed by atoms with Crippen molar-refractivity contribution in [1.29, 1.82) is 0 Å². The van der Waals surface area contributed by atoms with Gasteiger partial charge in [0.2, 0.25) is 0 Å². The number of anilines is 6. The molecule has 6 aromatic rings. The van der Waals surface area contributed by atoms with Gasteiger partial charge in [0.1, 0.15) is 0 Å². The zero-order chi connectivity index (χ0) is 42.6. The second-order valence-corrected chi connectivity index (χ2v) is 27.6. The third-order valence-corrected chi connectivity index (χ3v) is 14.9. The van der Waals surface area contributed by atoms with Crippen molar-refractivity contribution < 1.29 is 0 Å². The van der Waals surface area contributed by atoms with E-state index < -0.39 is 8.07 Å². The molecule has 59 heavy (non-hydrogen) atoms. The molecule has 0 atom stereocenters. The third kappa shape index (κ3) is 7.41. The molecule has 2 aliphatic rings. The number of nitrogens with zero attached hydrogens (tertiary/aromatic N) is 2. The highest BCUT2D eigenvalue weighted by molar-refractivity contribution is 7.00. The predicted molar refractivity (Wildman–Crippen MR) is 264 cm³/mol.